The summed E-state index contributed by atoms with van der Waals surface area (Å²) in [6.45, 7) is 13.5. The molecule has 0 aliphatic heterocycles. The molecule has 0 aromatic heterocycles. The average molecular weight is 289 g/mol. The molecule has 1 aliphatic carbocycles. The predicted molar refractivity (Wildman–Crippen MR) is 53.6 cm³/mol. The topological polar surface area (TPSA) is 51.2 Å². The molecule has 0 spiro atoms. The molecule has 0 heterocycles. The van der Waals surface area contributed by atoms with Gasteiger partial charge in [0.2, 0.25) is 0 Å². The number of hydrogen-bond acceptors (Lipinski definition) is 3. The Balaban J connectivity index is -0.0000000755. The first-order valence-corrected chi connectivity index (χ1v) is 3.28. The van der Waals surface area contributed by atoms with Crippen molar-refractivity contribution in [3.05, 3.63) is 48.6 Å². The van der Waals surface area contributed by atoms with Gasteiger partial charge in [-0.3, -0.25) is 14.4 Å². The molecule has 1 rings (SSSR count). The summed E-state index contributed by atoms with van der Waals surface area (Å²) >= 11 is 0. The summed E-state index contributed by atoms with van der Waals surface area (Å²) < 4.78 is 0. The van der Waals surface area contributed by atoms with E-state index in [9.17, 15) is 0 Å². The van der Waals surface area contributed by atoms with E-state index in [1.165, 1.54) is 0 Å². The maximum atomic E-state index is 7.50. The molecule has 6 radical (unpaired) electrons. The fourth-order valence-electron chi connectivity index (χ4n) is 0.513. The third kappa shape index (κ3) is 32.5. The molecule has 15 heavy (non-hydrogen) atoms. The normalized spacial score (nSPS) is 17.9. The van der Waals surface area contributed by atoms with E-state index in [4.69, 9.17) is 14.4 Å². The molecule has 0 saturated carbocycles. The Morgan fingerprint density at radius 3 is 0.533 bits per heavy atom. The van der Waals surface area contributed by atoms with Gasteiger partial charge in [-0.2, -0.15) is 0 Å². The van der Waals surface area contributed by atoms with Gasteiger partial charge in [-0.15, -0.1) is 0 Å². The Hall–Kier alpha value is -1.41. The van der Waals surface area contributed by atoms with Crippen LogP contribution >= 0.6 is 0 Å². The first-order valence-electron chi connectivity index (χ1n) is 3.28. The molecule has 1 aliphatic rings. The van der Waals surface area contributed by atoms with Gasteiger partial charge < -0.3 is 0 Å². The third-order valence-corrected chi connectivity index (χ3v) is 0.889. The molecule has 0 unspecified atom stereocenters. The molecule has 0 bridgehead atoms. The zero-order valence-corrected chi connectivity index (χ0v) is 9.44. The molecule has 3 nitrogen and oxygen atoms in total. The van der Waals surface area contributed by atoms with Crippen molar-refractivity contribution in [1.82, 2.24) is 0 Å². The Morgan fingerprint density at radius 1 is 0.400 bits per heavy atom. The molecule has 4 heteroatoms. The molecule has 0 aromatic carbocycles. The van der Waals surface area contributed by atoms with Crippen molar-refractivity contribution in [1.29, 1.82) is 0 Å². The number of allylic oxidation sites excluding steroid dienone is 8. The molecule has 0 amide bonds. The summed E-state index contributed by atoms with van der Waals surface area (Å²) in [6.07, 6.45) is 16.0. The van der Waals surface area contributed by atoms with E-state index in [-0.39, 0.29) is 19.5 Å². The molecule has 0 aromatic rings. The minimum absolute atomic E-state index is 0. The van der Waals surface area contributed by atoms with Crippen molar-refractivity contribution in [3.8, 4) is 0 Å². The molecule has 78 valence electrons. The summed E-state index contributed by atoms with van der Waals surface area (Å²) in [5.74, 6) is 0. The van der Waals surface area contributed by atoms with E-state index in [0.29, 0.717) is 0 Å². The van der Waals surface area contributed by atoms with Gasteiger partial charge in [-0.1, -0.05) is 48.6 Å². The van der Waals surface area contributed by atoms with Gasteiger partial charge in [-0.05, 0) is 0 Å². The van der Waals surface area contributed by atoms with Crippen LogP contribution in [-0.4, -0.2) is 20.4 Å². The predicted octanol–water partition coefficient (Wildman–Crippen LogP) is 1.03. The molecule has 0 saturated heterocycles. The first kappa shape index (κ1) is 23.4. The van der Waals surface area contributed by atoms with Crippen LogP contribution in [-0.2, 0) is 33.9 Å². The van der Waals surface area contributed by atoms with Crippen LogP contribution in [0.1, 0.15) is 0 Å². The van der Waals surface area contributed by atoms with Crippen LogP contribution in [0, 0.1) is 0 Å². The maximum absolute atomic E-state index is 7.50. The van der Waals surface area contributed by atoms with Crippen LogP contribution < -0.4 is 0 Å². The largest absolute Gasteiger partial charge is 0.281 e. The quantitative estimate of drug-likeness (QED) is 0.626. The fourth-order valence-corrected chi connectivity index (χ4v) is 0.513. The SMILES string of the molecule is C1=C\C=C/C=C\C=C/1.[C]=O.[C]=O.[C]=O.[Ru]. The first-order chi connectivity index (χ1) is 7.00. The number of rotatable bonds is 0. The summed E-state index contributed by atoms with van der Waals surface area (Å²) in [5, 5.41) is 0. The van der Waals surface area contributed by atoms with Crippen molar-refractivity contribution in [2.24, 2.45) is 0 Å². The second kappa shape index (κ2) is 38.9. The summed E-state index contributed by atoms with van der Waals surface area (Å²) in [5.41, 5.74) is 0. The second-order valence-electron chi connectivity index (χ2n) is 1.54. The second-order valence-corrected chi connectivity index (χ2v) is 1.54. The number of carbonyl (C=O) groups excluding carboxylic acids is 3. The van der Waals surface area contributed by atoms with Crippen molar-refractivity contribution in [3.63, 3.8) is 0 Å². The van der Waals surface area contributed by atoms with Gasteiger partial charge in [0.1, 0.15) is 0 Å². The summed E-state index contributed by atoms with van der Waals surface area (Å²) in [4.78, 5) is 22.5. The van der Waals surface area contributed by atoms with Gasteiger partial charge in [0.25, 0.3) is 20.4 Å². The monoisotopic (exact) mass is 290 g/mol. The van der Waals surface area contributed by atoms with Crippen molar-refractivity contribution in [2.45, 2.75) is 0 Å². The smallest absolute Gasteiger partial charge is 0.281 e. The van der Waals surface area contributed by atoms with Crippen molar-refractivity contribution >= 4 is 20.4 Å². The zero-order valence-electron chi connectivity index (χ0n) is 7.70. The Kier molecular flexibility index (Phi) is 60.8. The maximum Gasteiger partial charge on any atom is 0.281 e. The Morgan fingerprint density at radius 2 is 0.467 bits per heavy atom. The van der Waals surface area contributed by atoms with Gasteiger partial charge in [0.05, 0.1) is 0 Å². The zero-order chi connectivity index (χ0) is 11.7. The van der Waals surface area contributed by atoms with E-state index < -0.39 is 0 Å². The van der Waals surface area contributed by atoms with Crippen molar-refractivity contribution in [2.75, 3.05) is 0 Å². The standard InChI is InChI=1S/C8H8.3CO.Ru/c1-2-4-6-8-7-5-3-1;3*1-2;/h1-8H;;;;/b2-1-,3-1?,4-2?,5-3-,6-4-,7-5?,8-6?,8-7-;;;;. The van der Waals surface area contributed by atoms with Gasteiger partial charge in [0.15, 0.2) is 0 Å². The van der Waals surface area contributed by atoms with Gasteiger partial charge in [0, 0.05) is 19.5 Å². The van der Waals surface area contributed by atoms with E-state index >= 15 is 0 Å². The molecule has 0 atom stereocenters. The van der Waals surface area contributed by atoms with E-state index in [1.54, 1.807) is 0 Å². The minimum atomic E-state index is 0. The summed E-state index contributed by atoms with van der Waals surface area (Å²) in [7, 11) is 0. The third-order valence-electron chi connectivity index (χ3n) is 0.889. The minimum Gasteiger partial charge on any atom is -0.281 e. The van der Waals surface area contributed by atoms with Crippen molar-refractivity contribution < 1.29 is 33.9 Å². The average Bonchev–Trinajstić information content (AvgIpc) is 2.26. The van der Waals surface area contributed by atoms with E-state index in [1.807, 2.05) is 48.6 Å². The molecule has 0 fully saturated rings. The van der Waals surface area contributed by atoms with E-state index in [2.05, 4.69) is 20.4 Å². The van der Waals surface area contributed by atoms with Crippen LogP contribution in [0.2, 0.25) is 0 Å². The molecular weight excluding hydrogens is 281 g/mol. The fraction of sp³-hybridized carbons (Fsp3) is 0. The number of hydrogen-bond donors (Lipinski definition) is 0. The van der Waals surface area contributed by atoms with E-state index in [0.717, 1.165) is 0 Å². The Bertz CT molecular complexity index is 147. The Labute approximate surface area is 103 Å². The molecule has 0 N–H and O–H groups in total. The molecular formula is C11H8O3Ru. The van der Waals surface area contributed by atoms with Crippen LogP contribution in [0.15, 0.2) is 48.6 Å². The van der Waals surface area contributed by atoms with Crippen LogP contribution in [0.4, 0.5) is 0 Å². The van der Waals surface area contributed by atoms with Crippen LogP contribution in [0.25, 0.3) is 0 Å². The van der Waals surface area contributed by atoms with Gasteiger partial charge in [-0.25, -0.2) is 0 Å². The summed E-state index contributed by atoms with van der Waals surface area (Å²) in [6, 6.07) is 0. The van der Waals surface area contributed by atoms with Gasteiger partial charge >= 0.3 is 0 Å². The van der Waals surface area contributed by atoms with Crippen LogP contribution in [0.5, 0.6) is 0 Å². The van der Waals surface area contributed by atoms with Crippen LogP contribution in [0.3, 0.4) is 0 Å².